The first-order valence-corrected chi connectivity index (χ1v) is 5.31. The highest BCUT2D eigenvalue weighted by molar-refractivity contribution is 5.86. The third-order valence-electron chi connectivity index (χ3n) is 2.60. The lowest BCUT2D eigenvalue weighted by Gasteiger charge is -2.01. The average Bonchev–Trinajstić information content (AvgIpc) is 2.80. The van der Waals surface area contributed by atoms with Crippen LogP contribution < -0.4 is 5.43 Å². The van der Waals surface area contributed by atoms with Crippen molar-refractivity contribution in [3.05, 3.63) is 34.4 Å². The fourth-order valence-electron chi connectivity index (χ4n) is 1.70. The summed E-state index contributed by atoms with van der Waals surface area (Å²) in [6.45, 7) is 0. The van der Waals surface area contributed by atoms with E-state index in [-0.39, 0.29) is 5.69 Å². The molecule has 1 N–H and O–H groups in total. The summed E-state index contributed by atoms with van der Waals surface area (Å²) in [6, 6.07) is 6.27. The molecule has 0 spiro atoms. The van der Waals surface area contributed by atoms with Gasteiger partial charge in [-0.15, -0.1) is 0 Å². The second-order valence-corrected chi connectivity index (χ2v) is 3.80. The van der Waals surface area contributed by atoms with Crippen molar-refractivity contribution in [2.75, 3.05) is 5.43 Å². The molecule has 1 saturated carbocycles. The largest absolute Gasteiger partial charge is 0.279 e. The van der Waals surface area contributed by atoms with Gasteiger partial charge in [-0.2, -0.15) is 5.10 Å². The van der Waals surface area contributed by atoms with Crippen LogP contribution in [0.2, 0.25) is 0 Å². The number of non-ortho nitro benzene ring substituents is 1. The number of hydrogen-bond acceptors (Lipinski definition) is 4. The molecule has 1 fully saturated rings. The Labute approximate surface area is 93.3 Å². The topological polar surface area (TPSA) is 67.5 Å². The third-order valence-corrected chi connectivity index (χ3v) is 2.60. The summed E-state index contributed by atoms with van der Waals surface area (Å²) >= 11 is 0. The summed E-state index contributed by atoms with van der Waals surface area (Å²) in [5.74, 6) is 0. The zero-order valence-corrected chi connectivity index (χ0v) is 8.85. The van der Waals surface area contributed by atoms with Gasteiger partial charge in [-0.25, -0.2) is 0 Å². The van der Waals surface area contributed by atoms with Gasteiger partial charge in [-0.3, -0.25) is 15.5 Å². The van der Waals surface area contributed by atoms with Gasteiger partial charge in [-0.1, -0.05) is 0 Å². The maximum Gasteiger partial charge on any atom is 0.269 e. The van der Waals surface area contributed by atoms with Crippen LogP contribution in [0.15, 0.2) is 29.4 Å². The Kier molecular flexibility index (Phi) is 3.14. The lowest BCUT2D eigenvalue weighted by molar-refractivity contribution is -0.384. The zero-order valence-electron chi connectivity index (χ0n) is 8.85. The molecule has 0 bridgehead atoms. The Bertz CT molecular complexity index is 404. The summed E-state index contributed by atoms with van der Waals surface area (Å²) in [5, 5.41) is 14.7. The van der Waals surface area contributed by atoms with E-state index in [1.165, 1.54) is 30.7 Å². The molecule has 5 heteroatoms. The summed E-state index contributed by atoms with van der Waals surface area (Å²) in [5.41, 5.74) is 4.98. The SMILES string of the molecule is O=[N+]([O-])c1ccc(NN=C2CCCC2)cc1. The Morgan fingerprint density at radius 3 is 2.38 bits per heavy atom. The van der Waals surface area contributed by atoms with Crippen molar-refractivity contribution >= 4 is 17.1 Å². The number of nitro groups is 1. The second-order valence-electron chi connectivity index (χ2n) is 3.80. The van der Waals surface area contributed by atoms with E-state index in [2.05, 4.69) is 10.5 Å². The van der Waals surface area contributed by atoms with Crippen molar-refractivity contribution in [3.8, 4) is 0 Å². The Balaban J connectivity index is 1.99. The lowest BCUT2D eigenvalue weighted by Crippen LogP contribution is -1.96. The van der Waals surface area contributed by atoms with Crippen molar-refractivity contribution in [3.63, 3.8) is 0 Å². The van der Waals surface area contributed by atoms with Gasteiger partial charge >= 0.3 is 0 Å². The quantitative estimate of drug-likeness (QED) is 0.627. The van der Waals surface area contributed by atoms with E-state index in [1.807, 2.05) is 0 Å². The molecular weight excluding hydrogens is 206 g/mol. The monoisotopic (exact) mass is 219 g/mol. The molecule has 1 aliphatic carbocycles. The molecule has 16 heavy (non-hydrogen) atoms. The summed E-state index contributed by atoms with van der Waals surface area (Å²) in [6.07, 6.45) is 4.53. The van der Waals surface area contributed by atoms with Crippen molar-refractivity contribution in [2.45, 2.75) is 25.7 Å². The maximum absolute atomic E-state index is 10.4. The normalized spacial score (nSPS) is 14.9. The predicted octanol–water partition coefficient (Wildman–Crippen LogP) is 2.94. The van der Waals surface area contributed by atoms with Crippen LogP contribution in [0.1, 0.15) is 25.7 Å². The van der Waals surface area contributed by atoms with Crippen molar-refractivity contribution in [1.82, 2.24) is 0 Å². The first kappa shape index (κ1) is 10.6. The molecule has 0 unspecified atom stereocenters. The number of rotatable bonds is 3. The molecule has 2 rings (SSSR count). The molecule has 84 valence electrons. The minimum Gasteiger partial charge on any atom is -0.279 e. The van der Waals surface area contributed by atoms with Crippen LogP contribution in [0.5, 0.6) is 0 Å². The molecule has 1 aromatic rings. The first-order valence-electron chi connectivity index (χ1n) is 5.31. The number of nitrogens with one attached hydrogen (secondary N) is 1. The number of benzene rings is 1. The van der Waals surface area contributed by atoms with Gasteiger partial charge in [0, 0.05) is 17.8 Å². The molecule has 1 aromatic carbocycles. The number of anilines is 1. The fraction of sp³-hybridized carbons (Fsp3) is 0.364. The molecule has 0 aromatic heterocycles. The van der Waals surface area contributed by atoms with E-state index in [1.54, 1.807) is 12.1 Å². The minimum absolute atomic E-state index is 0.0964. The van der Waals surface area contributed by atoms with Crippen LogP contribution in [0.25, 0.3) is 0 Å². The van der Waals surface area contributed by atoms with Gasteiger partial charge in [0.1, 0.15) is 0 Å². The van der Waals surface area contributed by atoms with Crippen molar-refractivity contribution in [1.29, 1.82) is 0 Å². The van der Waals surface area contributed by atoms with Gasteiger partial charge in [0.15, 0.2) is 0 Å². The van der Waals surface area contributed by atoms with E-state index in [0.29, 0.717) is 0 Å². The molecule has 5 nitrogen and oxygen atoms in total. The highest BCUT2D eigenvalue weighted by atomic mass is 16.6. The van der Waals surface area contributed by atoms with Crippen LogP contribution >= 0.6 is 0 Å². The standard InChI is InChI=1S/C11H13N3O2/c15-14(16)11-7-5-10(6-8-11)13-12-9-3-1-2-4-9/h5-8,13H,1-4H2. The number of nitrogens with zero attached hydrogens (tertiary/aromatic N) is 2. The number of nitro benzene ring substituents is 1. The molecular formula is C11H13N3O2. The van der Waals surface area contributed by atoms with Crippen molar-refractivity contribution in [2.24, 2.45) is 5.10 Å². The maximum atomic E-state index is 10.4. The van der Waals surface area contributed by atoms with Crippen LogP contribution in [0.4, 0.5) is 11.4 Å². The molecule has 0 heterocycles. The molecule has 1 aliphatic rings. The van der Waals surface area contributed by atoms with Gasteiger partial charge < -0.3 is 0 Å². The van der Waals surface area contributed by atoms with Crippen LogP contribution in [0.3, 0.4) is 0 Å². The van der Waals surface area contributed by atoms with Crippen LogP contribution in [-0.2, 0) is 0 Å². The van der Waals surface area contributed by atoms with Gasteiger partial charge in [-0.05, 0) is 37.8 Å². The minimum atomic E-state index is -0.410. The second kappa shape index (κ2) is 4.74. The lowest BCUT2D eigenvalue weighted by atomic mass is 10.3. The van der Waals surface area contributed by atoms with E-state index in [4.69, 9.17) is 0 Å². The van der Waals surface area contributed by atoms with Crippen molar-refractivity contribution < 1.29 is 4.92 Å². The van der Waals surface area contributed by atoms with E-state index < -0.39 is 4.92 Å². The number of hydrazone groups is 1. The summed E-state index contributed by atoms with van der Waals surface area (Å²) in [4.78, 5) is 10.0. The molecule has 0 saturated heterocycles. The molecule has 0 atom stereocenters. The Morgan fingerprint density at radius 1 is 1.19 bits per heavy atom. The average molecular weight is 219 g/mol. The van der Waals surface area contributed by atoms with E-state index in [9.17, 15) is 10.1 Å². The highest BCUT2D eigenvalue weighted by Crippen LogP contribution is 2.17. The predicted molar refractivity (Wildman–Crippen MR) is 62.6 cm³/mol. The van der Waals surface area contributed by atoms with E-state index in [0.717, 1.165) is 18.5 Å². The molecule has 0 radical (unpaired) electrons. The van der Waals surface area contributed by atoms with Gasteiger partial charge in [0.05, 0.1) is 10.6 Å². The highest BCUT2D eigenvalue weighted by Gasteiger charge is 2.08. The summed E-state index contributed by atoms with van der Waals surface area (Å²) in [7, 11) is 0. The van der Waals surface area contributed by atoms with Crippen LogP contribution in [0, 0.1) is 10.1 Å². The van der Waals surface area contributed by atoms with Gasteiger partial charge in [0.2, 0.25) is 0 Å². The Morgan fingerprint density at radius 2 is 1.81 bits per heavy atom. The molecule has 0 aliphatic heterocycles. The van der Waals surface area contributed by atoms with E-state index >= 15 is 0 Å². The smallest absolute Gasteiger partial charge is 0.269 e. The summed E-state index contributed by atoms with van der Waals surface area (Å²) < 4.78 is 0. The van der Waals surface area contributed by atoms with Gasteiger partial charge in [0.25, 0.3) is 5.69 Å². The number of hydrogen-bond donors (Lipinski definition) is 1. The molecule has 0 amide bonds. The third kappa shape index (κ3) is 2.56. The van der Waals surface area contributed by atoms with Crippen LogP contribution in [-0.4, -0.2) is 10.6 Å². The first-order chi connectivity index (χ1) is 7.75. The zero-order chi connectivity index (χ0) is 11.4. The fourth-order valence-corrected chi connectivity index (χ4v) is 1.70. The Hall–Kier alpha value is -1.91.